The van der Waals surface area contributed by atoms with E-state index in [2.05, 4.69) is 33.6 Å². The summed E-state index contributed by atoms with van der Waals surface area (Å²) in [7, 11) is 0. The molecule has 0 aliphatic carbocycles. The van der Waals surface area contributed by atoms with Gasteiger partial charge in [-0.3, -0.25) is 9.55 Å². The van der Waals surface area contributed by atoms with Gasteiger partial charge in [0.2, 0.25) is 0 Å². The van der Waals surface area contributed by atoms with Crippen LogP contribution < -0.4 is 0 Å². The number of para-hydroxylation sites is 1. The SMILES string of the molecule is Cc1ccccc1-n1cnc2cnccc21. The molecular weight excluding hydrogens is 198 g/mol. The van der Waals surface area contributed by atoms with Crippen molar-refractivity contribution in [2.45, 2.75) is 6.92 Å². The van der Waals surface area contributed by atoms with E-state index >= 15 is 0 Å². The average Bonchev–Trinajstić information content (AvgIpc) is 2.74. The topological polar surface area (TPSA) is 30.7 Å². The largest absolute Gasteiger partial charge is 0.298 e. The molecule has 0 spiro atoms. The molecule has 0 aliphatic rings. The maximum atomic E-state index is 4.34. The van der Waals surface area contributed by atoms with Crippen LogP contribution in [0.3, 0.4) is 0 Å². The second-order valence-corrected chi connectivity index (χ2v) is 3.77. The summed E-state index contributed by atoms with van der Waals surface area (Å²) in [6.45, 7) is 2.10. The first-order valence-electron chi connectivity index (χ1n) is 5.19. The van der Waals surface area contributed by atoms with Crippen LogP contribution >= 0.6 is 0 Å². The molecule has 3 nitrogen and oxygen atoms in total. The first kappa shape index (κ1) is 9.09. The molecule has 0 atom stereocenters. The van der Waals surface area contributed by atoms with Crippen molar-refractivity contribution in [3.05, 3.63) is 54.6 Å². The van der Waals surface area contributed by atoms with E-state index in [9.17, 15) is 0 Å². The Hall–Kier alpha value is -2.16. The predicted molar refractivity (Wildman–Crippen MR) is 63.6 cm³/mol. The highest BCUT2D eigenvalue weighted by Gasteiger charge is 2.05. The molecule has 0 unspecified atom stereocenters. The van der Waals surface area contributed by atoms with Crippen molar-refractivity contribution >= 4 is 11.0 Å². The summed E-state index contributed by atoms with van der Waals surface area (Å²) in [6.07, 6.45) is 5.41. The molecule has 3 rings (SSSR count). The number of hydrogen-bond donors (Lipinski definition) is 0. The van der Waals surface area contributed by atoms with Crippen molar-refractivity contribution in [2.75, 3.05) is 0 Å². The van der Waals surface area contributed by atoms with Gasteiger partial charge in [0, 0.05) is 6.20 Å². The van der Waals surface area contributed by atoms with E-state index in [0.29, 0.717) is 0 Å². The third kappa shape index (κ3) is 1.29. The quantitative estimate of drug-likeness (QED) is 0.617. The van der Waals surface area contributed by atoms with E-state index in [0.717, 1.165) is 16.7 Å². The van der Waals surface area contributed by atoms with Crippen LogP contribution in [0.25, 0.3) is 16.7 Å². The smallest absolute Gasteiger partial charge is 0.107 e. The van der Waals surface area contributed by atoms with Gasteiger partial charge in [0.05, 0.1) is 17.4 Å². The zero-order valence-corrected chi connectivity index (χ0v) is 8.96. The molecule has 16 heavy (non-hydrogen) atoms. The van der Waals surface area contributed by atoms with Gasteiger partial charge < -0.3 is 0 Å². The minimum Gasteiger partial charge on any atom is -0.298 e. The minimum atomic E-state index is 0.922. The van der Waals surface area contributed by atoms with Gasteiger partial charge in [-0.15, -0.1) is 0 Å². The van der Waals surface area contributed by atoms with Crippen LogP contribution in [0.1, 0.15) is 5.56 Å². The molecule has 78 valence electrons. The Kier molecular flexibility index (Phi) is 1.96. The van der Waals surface area contributed by atoms with Gasteiger partial charge in [-0.05, 0) is 24.6 Å². The van der Waals surface area contributed by atoms with Crippen molar-refractivity contribution < 1.29 is 0 Å². The Balaban J connectivity index is 2.31. The standard InChI is InChI=1S/C13H11N3/c1-10-4-2-3-5-12(10)16-9-15-11-8-14-7-6-13(11)16/h2-9H,1H3. The molecule has 0 aliphatic heterocycles. The Morgan fingerprint density at radius 2 is 2.00 bits per heavy atom. The van der Waals surface area contributed by atoms with Crippen LogP contribution in [0.2, 0.25) is 0 Å². The Labute approximate surface area is 93.4 Å². The zero-order valence-electron chi connectivity index (χ0n) is 8.96. The molecule has 1 aromatic carbocycles. The van der Waals surface area contributed by atoms with Crippen LogP contribution in [-0.2, 0) is 0 Å². The molecule has 0 radical (unpaired) electrons. The normalized spacial score (nSPS) is 10.8. The van der Waals surface area contributed by atoms with Crippen molar-refractivity contribution in [3.8, 4) is 5.69 Å². The maximum absolute atomic E-state index is 4.34. The fourth-order valence-electron chi connectivity index (χ4n) is 1.89. The van der Waals surface area contributed by atoms with Gasteiger partial charge in [0.25, 0.3) is 0 Å². The average molecular weight is 209 g/mol. The minimum absolute atomic E-state index is 0.922. The zero-order chi connectivity index (χ0) is 11.0. The molecule has 0 saturated carbocycles. The number of rotatable bonds is 1. The number of aromatic nitrogens is 3. The lowest BCUT2D eigenvalue weighted by molar-refractivity contribution is 1.07. The van der Waals surface area contributed by atoms with Crippen molar-refractivity contribution in [1.29, 1.82) is 0 Å². The van der Waals surface area contributed by atoms with Gasteiger partial charge >= 0.3 is 0 Å². The summed E-state index contributed by atoms with van der Waals surface area (Å²) < 4.78 is 2.09. The molecule has 0 fully saturated rings. The molecule has 2 heterocycles. The summed E-state index contributed by atoms with van der Waals surface area (Å²) in [4.78, 5) is 8.40. The van der Waals surface area contributed by atoms with E-state index in [1.54, 1.807) is 12.4 Å². The fraction of sp³-hybridized carbons (Fsp3) is 0.0769. The fourth-order valence-corrected chi connectivity index (χ4v) is 1.89. The third-order valence-electron chi connectivity index (χ3n) is 2.72. The third-order valence-corrected chi connectivity index (χ3v) is 2.72. The van der Waals surface area contributed by atoms with Crippen molar-refractivity contribution in [2.24, 2.45) is 0 Å². The monoisotopic (exact) mass is 209 g/mol. The maximum Gasteiger partial charge on any atom is 0.107 e. The van der Waals surface area contributed by atoms with Crippen LogP contribution in [0.15, 0.2) is 49.1 Å². The van der Waals surface area contributed by atoms with E-state index in [1.807, 2.05) is 24.5 Å². The Morgan fingerprint density at radius 1 is 1.12 bits per heavy atom. The van der Waals surface area contributed by atoms with E-state index in [1.165, 1.54) is 5.56 Å². The van der Waals surface area contributed by atoms with Gasteiger partial charge in [0.1, 0.15) is 11.8 Å². The summed E-state index contributed by atoms with van der Waals surface area (Å²) in [5.41, 5.74) is 4.41. The first-order chi connectivity index (χ1) is 7.86. The molecule has 0 N–H and O–H groups in total. The summed E-state index contributed by atoms with van der Waals surface area (Å²) in [5.74, 6) is 0. The highest BCUT2D eigenvalue weighted by molar-refractivity contribution is 5.76. The van der Waals surface area contributed by atoms with Gasteiger partial charge in [-0.2, -0.15) is 0 Å². The molecule has 0 bridgehead atoms. The van der Waals surface area contributed by atoms with E-state index in [4.69, 9.17) is 0 Å². The summed E-state index contributed by atoms with van der Waals surface area (Å²) in [5, 5.41) is 0. The number of fused-ring (bicyclic) bond motifs is 1. The van der Waals surface area contributed by atoms with Crippen LogP contribution in [0.5, 0.6) is 0 Å². The summed E-state index contributed by atoms with van der Waals surface area (Å²) >= 11 is 0. The lowest BCUT2D eigenvalue weighted by Gasteiger charge is -2.07. The van der Waals surface area contributed by atoms with Gasteiger partial charge in [-0.1, -0.05) is 18.2 Å². The Morgan fingerprint density at radius 3 is 2.88 bits per heavy atom. The Bertz CT molecular complexity index is 640. The lowest BCUT2D eigenvalue weighted by Crippen LogP contribution is -1.94. The molecule has 3 heteroatoms. The number of nitrogens with zero attached hydrogens (tertiary/aromatic N) is 3. The van der Waals surface area contributed by atoms with Crippen LogP contribution in [-0.4, -0.2) is 14.5 Å². The van der Waals surface area contributed by atoms with E-state index in [-0.39, 0.29) is 0 Å². The first-order valence-corrected chi connectivity index (χ1v) is 5.19. The van der Waals surface area contributed by atoms with Gasteiger partial charge in [0.15, 0.2) is 0 Å². The van der Waals surface area contributed by atoms with Crippen molar-refractivity contribution in [3.63, 3.8) is 0 Å². The van der Waals surface area contributed by atoms with Gasteiger partial charge in [-0.25, -0.2) is 4.98 Å². The molecule has 3 aromatic rings. The molecule has 2 aromatic heterocycles. The number of imidazole rings is 1. The van der Waals surface area contributed by atoms with Crippen LogP contribution in [0, 0.1) is 6.92 Å². The highest BCUT2D eigenvalue weighted by Crippen LogP contribution is 2.19. The number of aryl methyl sites for hydroxylation is 1. The molecule has 0 amide bonds. The van der Waals surface area contributed by atoms with Crippen molar-refractivity contribution in [1.82, 2.24) is 14.5 Å². The number of benzene rings is 1. The second kappa shape index (κ2) is 3.45. The van der Waals surface area contributed by atoms with Crippen LogP contribution in [0.4, 0.5) is 0 Å². The lowest BCUT2D eigenvalue weighted by atomic mass is 10.2. The highest BCUT2D eigenvalue weighted by atomic mass is 15.1. The molecular formula is C13H11N3. The number of hydrogen-bond acceptors (Lipinski definition) is 2. The van der Waals surface area contributed by atoms with E-state index < -0.39 is 0 Å². The molecule has 0 saturated heterocycles. The second-order valence-electron chi connectivity index (χ2n) is 3.77. The number of pyridine rings is 1. The summed E-state index contributed by atoms with van der Waals surface area (Å²) in [6, 6.07) is 10.3. The predicted octanol–water partition coefficient (Wildman–Crippen LogP) is 2.73.